The predicted octanol–water partition coefficient (Wildman–Crippen LogP) is 1.53. The maximum absolute atomic E-state index is 5.64. The summed E-state index contributed by atoms with van der Waals surface area (Å²) in [5.41, 5.74) is 5.64. The zero-order valence-corrected chi connectivity index (χ0v) is 8.70. The Bertz CT molecular complexity index is 337. The normalized spacial score (nSPS) is 25.0. The summed E-state index contributed by atoms with van der Waals surface area (Å²) in [5, 5.41) is 0. The van der Waals surface area contributed by atoms with E-state index < -0.39 is 0 Å². The minimum absolute atomic E-state index is 0.373. The van der Waals surface area contributed by atoms with Gasteiger partial charge in [0.1, 0.15) is 11.6 Å². The van der Waals surface area contributed by atoms with Crippen LogP contribution < -0.4 is 5.73 Å². The van der Waals surface area contributed by atoms with E-state index in [0.717, 1.165) is 24.5 Å². The van der Waals surface area contributed by atoms with E-state index in [1.54, 1.807) is 0 Å². The number of aromatic nitrogens is 3. The zero-order chi connectivity index (χ0) is 10.1. The fourth-order valence-corrected chi connectivity index (χ4v) is 1.64. The van der Waals surface area contributed by atoms with E-state index in [9.17, 15) is 0 Å². The Labute approximate surface area is 84.0 Å². The van der Waals surface area contributed by atoms with Crippen LogP contribution in [0.2, 0.25) is 0 Å². The van der Waals surface area contributed by atoms with Gasteiger partial charge in [0.2, 0.25) is 5.95 Å². The van der Waals surface area contributed by atoms with Crippen molar-refractivity contribution in [2.24, 2.45) is 5.92 Å². The molecule has 2 atom stereocenters. The van der Waals surface area contributed by atoms with E-state index in [1.165, 1.54) is 6.42 Å². The fourth-order valence-electron chi connectivity index (χ4n) is 1.64. The Hall–Kier alpha value is -1.19. The van der Waals surface area contributed by atoms with Crippen LogP contribution in [0.5, 0.6) is 0 Å². The molecule has 4 heteroatoms. The maximum Gasteiger partial charge on any atom is 0.223 e. The van der Waals surface area contributed by atoms with Crippen LogP contribution in [0.3, 0.4) is 0 Å². The summed E-state index contributed by atoms with van der Waals surface area (Å²) < 4.78 is 0. The van der Waals surface area contributed by atoms with Crippen molar-refractivity contribution in [2.45, 2.75) is 39.0 Å². The van der Waals surface area contributed by atoms with Gasteiger partial charge in [0.15, 0.2) is 0 Å². The van der Waals surface area contributed by atoms with Crippen molar-refractivity contribution < 1.29 is 0 Å². The highest BCUT2D eigenvalue weighted by Gasteiger charge is 2.37. The van der Waals surface area contributed by atoms with E-state index in [0.29, 0.717) is 17.8 Å². The lowest BCUT2D eigenvalue weighted by Crippen LogP contribution is -2.06. The molecule has 1 heterocycles. The summed E-state index contributed by atoms with van der Waals surface area (Å²) >= 11 is 0. The minimum Gasteiger partial charge on any atom is -0.368 e. The topological polar surface area (TPSA) is 64.7 Å². The summed E-state index contributed by atoms with van der Waals surface area (Å²) in [6.07, 6.45) is 3.12. The highest BCUT2D eigenvalue weighted by molar-refractivity contribution is 5.20. The van der Waals surface area contributed by atoms with Crippen LogP contribution >= 0.6 is 0 Å². The van der Waals surface area contributed by atoms with Crippen molar-refractivity contribution >= 4 is 5.95 Å². The predicted molar refractivity (Wildman–Crippen MR) is 54.8 cm³/mol. The molecular formula is C10H16N4. The number of nitrogens with two attached hydrogens (primary N) is 1. The summed E-state index contributed by atoms with van der Waals surface area (Å²) in [7, 11) is 0. The van der Waals surface area contributed by atoms with Gasteiger partial charge in [-0.15, -0.1) is 0 Å². The largest absolute Gasteiger partial charge is 0.368 e. The Kier molecular flexibility index (Phi) is 2.35. The van der Waals surface area contributed by atoms with Crippen LogP contribution in [0.15, 0.2) is 0 Å². The first-order chi connectivity index (χ1) is 6.70. The summed E-state index contributed by atoms with van der Waals surface area (Å²) in [6, 6.07) is 0. The number of nitrogen functional groups attached to an aromatic ring is 1. The van der Waals surface area contributed by atoms with Gasteiger partial charge in [-0.25, -0.2) is 4.98 Å². The second-order valence-electron chi connectivity index (χ2n) is 4.04. The molecule has 0 radical (unpaired) electrons. The number of hydrogen-bond acceptors (Lipinski definition) is 4. The molecule has 1 aromatic heterocycles. The molecule has 76 valence electrons. The maximum atomic E-state index is 5.64. The number of anilines is 1. The van der Waals surface area contributed by atoms with Gasteiger partial charge in [0, 0.05) is 12.3 Å². The van der Waals surface area contributed by atoms with Crippen LogP contribution in [0.1, 0.15) is 44.3 Å². The summed E-state index contributed by atoms with van der Waals surface area (Å²) in [5.74, 6) is 3.35. The van der Waals surface area contributed by atoms with Crippen LogP contribution in [0, 0.1) is 5.92 Å². The van der Waals surface area contributed by atoms with E-state index in [-0.39, 0.29) is 0 Å². The van der Waals surface area contributed by atoms with Gasteiger partial charge >= 0.3 is 0 Å². The Balaban J connectivity index is 2.23. The second-order valence-corrected chi connectivity index (χ2v) is 4.04. The van der Waals surface area contributed by atoms with Crippen LogP contribution in [0.4, 0.5) is 5.95 Å². The van der Waals surface area contributed by atoms with Crippen LogP contribution in [-0.2, 0) is 6.42 Å². The molecule has 0 spiro atoms. The molecule has 2 N–H and O–H groups in total. The Morgan fingerprint density at radius 2 is 2.07 bits per heavy atom. The van der Waals surface area contributed by atoms with Gasteiger partial charge in [0.05, 0.1) is 0 Å². The number of rotatable bonds is 3. The first-order valence-corrected chi connectivity index (χ1v) is 5.21. The molecule has 4 nitrogen and oxygen atoms in total. The lowest BCUT2D eigenvalue weighted by atomic mass is 10.3. The zero-order valence-electron chi connectivity index (χ0n) is 8.70. The van der Waals surface area contributed by atoms with E-state index in [2.05, 4.69) is 28.8 Å². The van der Waals surface area contributed by atoms with Gasteiger partial charge in [-0.05, 0) is 18.8 Å². The number of hydrogen-bond donors (Lipinski definition) is 1. The van der Waals surface area contributed by atoms with Crippen molar-refractivity contribution in [3.8, 4) is 0 Å². The molecule has 1 saturated carbocycles. The number of aryl methyl sites for hydroxylation is 1. The van der Waals surface area contributed by atoms with E-state index in [4.69, 9.17) is 5.73 Å². The fraction of sp³-hybridized carbons (Fsp3) is 0.700. The van der Waals surface area contributed by atoms with E-state index in [1.807, 2.05) is 0 Å². The molecule has 1 aromatic rings. The SMILES string of the molecule is CCCc1nc(N)nc(C2CC2C)n1. The van der Waals surface area contributed by atoms with Gasteiger partial charge < -0.3 is 5.73 Å². The average molecular weight is 192 g/mol. The molecule has 1 aliphatic rings. The molecule has 0 aliphatic heterocycles. The molecule has 1 fully saturated rings. The summed E-state index contributed by atoms with van der Waals surface area (Å²) in [6.45, 7) is 4.32. The molecule has 0 bridgehead atoms. The lowest BCUT2D eigenvalue weighted by molar-refractivity contribution is 0.763. The Morgan fingerprint density at radius 3 is 2.64 bits per heavy atom. The lowest BCUT2D eigenvalue weighted by Gasteiger charge is -2.02. The third kappa shape index (κ3) is 1.84. The Morgan fingerprint density at radius 1 is 1.36 bits per heavy atom. The third-order valence-electron chi connectivity index (χ3n) is 2.63. The molecule has 0 amide bonds. The third-order valence-corrected chi connectivity index (χ3v) is 2.63. The van der Waals surface area contributed by atoms with Crippen molar-refractivity contribution in [1.82, 2.24) is 15.0 Å². The standard InChI is InChI=1S/C10H16N4/c1-3-4-8-12-9(7-5-6(7)2)14-10(11)13-8/h6-7H,3-5H2,1-2H3,(H2,11,12,13,14). The molecule has 14 heavy (non-hydrogen) atoms. The van der Waals surface area contributed by atoms with E-state index >= 15 is 0 Å². The number of nitrogens with zero attached hydrogens (tertiary/aromatic N) is 3. The molecular weight excluding hydrogens is 176 g/mol. The van der Waals surface area contributed by atoms with Gasteiger partial charge in [-0.2, -0.15) is 9.97 Å². The van der Waals surface area contributed by atoms with Gasteiger partial charge in [0.25, 0.3) is 0 Å². The molecule has 1 aliphatic carbocycles. The molecule has 2 unspecified atom stereocenters. The monoisotopic (exact) mass is 192 g/mol. The first kappa shape index (κ1) is 9.37. The average Bonchev–Trinajstić information content (AvgIpc) is 2.82. The van der Waals surface area contributed by atoms with Crippen molar-refractivity contribution in [3.63, 3.8) is 0 Å². The highest BCUT2D eigenvalue weighted by Crippen LogP contribution is 2.45. The smallest absolute Gasteiger partial charge is 0.223 e. The quantitative estimate of drug-likeness (QED) is 0.788. The summed E-state index contributed by atoms with van der Waals surface area (Å²) in [4.78, 5) is 12.7. The molecule has 0 aromatic carbocycles. The van der Waals surface area contributed by atoms with Gasteiger partial charge in [-0.3, -0.25) is 0 Å². The first-order valence-electron chi connectivity index (χ1n) is 5.21. The van der Waals surface area contributed by atoms with Gasteiger partial charge in [-0.1, -0.05) is 13.8 Å². The van der Waals surface area contributed by atoms with Crippen molar-refractivity contribution in [1.29, 1.82) is 0 Å². The molecule has 0 saturated heterocycles. The second kappa shape index (κ2) is 3.52. The van der Waals surface area contributed by atoms with Crippen molar-refractivity contribution in [3.05, 3.63) is 11.6 Å². The molecule has 2 rings (SSSR count). The van der Waals surface area contributed by atoms with Crippen LogP contribution in [-0.4, -0.2) is 15.0 Å². The highest BCUT2D eigenvalue weighted by atomic mass is 15.1. The van der Waals surface area contributed by atoms with Crippen molar-refractivity contribution in [2.75, 3.05) is 5.73 Å². The minimum atomic E-state index is 0.373. The van der Waals surface area contributed by atoms with Crippen LogP contribution in [0.25, 0.3) is 0 Å².